The van der Waals surface area contributed by atoms with Gasteiger partial charge >= 0.3 is 6.18 Å². The van der Waals surface area contributed by atoms with Gasteiger partial charge in [0, 0.05) is 18.2 Å². The lowest BCUT2D eigenvalue weighted by molar-refractivity contribution is -0.137. The minimum absolute atomic E-state index is 0.0313. The molecule has 2 aromatic carbocycles. The van der Waals surface area contributed by atoms with Crippen LogP contribution in [-0.4, -0.2) is 11.8 Å². The van der Waals surface area contributed by atoms with E-state index in [1.165, 1.54) is 37.3 Å². The molecule has 5 nitrogen and oxygen atoms in total. The predicted molar refractivity (Wildman–Crippen MR) is 84.9 cm³/mol. The van der Waals surface area contributed by atoms with Gasteiger partial charge in [-0.2, -0.15) is 18.4 Å². The Bertz CT molecular complexity index is 853. The molecular formula is C17H12F3N3O2. The zero-order valence-corrected chi connectivity index (χ0v) is 12.9. The molecule has 0 saturated heterocycles. The van der Waals surface area contributed by atoms with E-state index in [1.54, 1.807) is 0 Å². The maximum absolute atomic E-state index is 13.2. The van der Waals surface area contributed by atoms with Gasteiger partial charge in [0.15, 0.2) is 0 Å². The highest BCUT2D eigenvalue weighted by molar-refractivity contribution is 6.05. The van der Waals surface area contributed by atoms with Crippen molar-refractivity contribution in [2.45, 2.75) is 13.1 Å². The van der Waals surface area contributed by atoms with Crippen molar-refractivity contribution in [2.24, 2.45) is 0 Å². The molecule has 2 amide bonds. The number of rotatable bonds is 3. The van der Waals surface area contributed by atoms with Crippen molar-refractivity contribution in [3.8, 4) is 6.07 Å². The maximum Gasteiger partial charge on any atom is 0.418 e. The summed E-state index contributed by atoms with van der Waals surface area (Å²) in [4.78, 5) is 23.1. The lowest BCUT2D eigenvalue weighted by atomic mass is 10.1. The number of carbonyl (C=O) groups is 2. The summed E-state index contributed by atoms with van der Waals surface area (Å²) in [5.74, 6) is -1.26. The summed E-state index contributed by atoms with van der Waals surface area (Å²) in [7, 11) is 0. The molecular weight excluding hydrogens is 335 g/mol. The third-order valence-electron chi connectivity index (χ3n) is 3.17. The number of benzene rings is 2. The molecule has 0 aliphatic rings. The van der Waals surface area contributed by atoms with Gasteiger partial charge in [-0.25, -0.2) is 0 Å². The molecule has 0 aromatic heterocycles. The van der Waals surface area contributed by atoms with Crippen LogP contribution in [0.1, 0.15) is 28.4 Å². The first kappa shape index (κ1) is 18.0. The number of nitrogens with zero attached hydrogens (tertiary/aromatic N) is 1. The second-order valence-corrected chi connectivity index (χ2v) is 5.08. The number of hydrogen-bond acceptors (Lipinski definition) is 3. The zero-order chi connectivity index (χ0) is 18.6. The number of carbonyl (C=O) groups excluding carboxylic acids is 2. The summed E-state index contributed by atoms with van der Waals surface area (Å²) in [5.41, 5.74) is -1.11. The van der Waals surface area contributed by atoms with Gasteiger partial charge in [0.1, 0.15) is 0 Å². The van der Waals surface area contributed by atoms with E-state index in [2.05, 4.69) is 10.6 Å². The van der Waals surface area contributed by atoms with Crippen LogP contribution < -0.4 is 10.6 Å². The Labute approximate surface area is 141 Å². The number of hydrogen-bond donors (Lipinski definition) is 2. The molecule has 2 rings (SSSR count). The van der Waals surface area contributed by atoms with Crippen LogP contribution in [0.2, 0.25) is 0 Å². The second-order valence-electron chi connectivity index (χ2n) is 5.08. The average molecular weight is 347 g/mol. The number of amides is 2. The summed E-state index contributed by atoms with van der Waals surface area (Å²) in [6.45, 7) is 1.17. The number of nitriles is 1. The van der Waals surface area contributed by atoms with E-state index in [1.807, 2.05) is 6.07 Å². The normalized spacial score (nSPS) is 10.7. The molecule has 0 atom stereocenters. The van der Waals surface area contributed by atoms with Crippen molar-refractivity contribution >= 4 is 23.2 Å². The third-order valence-corrected chi connectivity index (χ3v) is 3.17. The maximum atomic E-state index is 13.2. The summed E-state index contributed by atoms with van der Waals surface area (Å²) >= 11 is 0. The van der Waals surface area contributed by atoms with E-state index >= 15 is 0 Å². The molecule has 0 aliphatic carbocycles. The summed E-state index contributed by atoms with van der Waals surface area (Å²) in [6, 6.07) is 10.4. The molecule has 0 radical (unpaired) electrons. The minimum atomic E-state index is -4.72. The fraction of sp³-hybridized carbons (Fsp3) is 0.118. The van der Waals surface area contributed by atoms with Crippen molar-refractivity contribution in [1.29, 1.82) is 5.26 Å². The lowest BCUT2D eigenvalue weighted by Crippen LogP contribution is -2.17. The van der Waals surface area contributed by atoms with E-state index in [4.69, 9.17) is 5.26 Å². The molecule has 8 heteroatoms. The molecule has 0 bridgehead atoms. The number of alkyl halides is 3. The quantitative estimate of drug-likeness (QED) is 0.886. The highest BCUT2D eigenvalue weighted by Crippen LogP contribution is 2.36. The number of halogens is 3. The van der Waals surface area contributed by atoms with Gasteiger partial charge < -0.3 is 10.6 Å². The Kier molecular flexibility index (Phi) is 5.08. The molecule has 0 unspecified atom stereocenters. The molecule has 2 aromatic rings. The smallest absolute Gasteiger partial charge is 0.326 e. The Morgan fingerprint density at radius 1 is 1.04 bits per heavy atom. The molecule has 0 saturated carbocycles. The molecule has 0 fully saturated rings. The molecule has 0 aliphatic heterocycles. The Morgan fingerprint density at radius 2 is 1.68 bits per heavy atom. The average Bonchev–Trinajstić information content (AvgIpc) is 2.54. The Balaban J connectivity index is 2.32. The molecule has 2 N–H and O–H groups in total. The van der Waals surface area contributed by atoms with Gasteiger partial charge in [-0.15, -0.1) is 0 Å². The standard InChI is InChI=1S/C17H12F3N3O2/c1-10(24)22-13-6-7-15(14(8-13)17(18,19)20)23-16(25)12-4-2-11(9-21)3-5-12/h2-8H,1H3,(H,22,24)(H,23,25). The highest BCUT2D eigenvalue weighted by atomic mass is 19.4. The SMILES string of the molecule is CC(=O)Nc1ccc(NC(=O)c2ccc(C#N)cc2)c(C(F)(F)F)c1. The first-order valence-electron chi connectivity index (χ1n) is 7.01. The van der Waals surface area contributed by atoms with Crippen LogP contribution in [0.4, 0.5) is 24.5 Å². The van der Waals surface area contributed by atoms with Gasteiger partial charge in [-0.3, -0.25) is 9.59 Å². The number of anilines is 2. The van der Waals surface area contributed by atoms with Crippen molar-refractivity contribution in [3.05, 3.63) is 59.2 Å². The first-order chi connectivity index (χ1) is 11.7. The van der Waals surface area contributed by atoms with E-state index in [9.17, 15) is 22.8 Å². The van der Waals surface area contributed by atoms with Crippen LogP contribution in [0.5, 0.6) is 0 Å². The van der Waals surface area contributed by atoms with Crippen LogP contribution in [0.15, 0.2) is 42.5 Å². The second kappa shape index (κ2) is 7.05. The highest BCUT2D eigenvalue weighted by Gasteiger charge is 2.34. The van der Waals surface area contributed by atoms with Crippen molar-refractivity contribution in [1.82, 2.24) is 0 Å². The van der Waals surface area contributed by atoms with E-state index in [0.29, 0.717) is 5.56 Å². The summed E-state index contributed by atoms with van der Waals surface area (Å²) in [6.07, 6.45) is -4.72. The largest absolute Gasteiger partial charge is 0.418 e. The van der Waals surface area contributed by atoms with Crippen LogP contribution in [-0.2, 0) is 11.0 Å². The van der Waals surface area contributed by atoms with Gasteiger partial charge in [0.05, 0.1) is 22.9 Å². The fourth-order valence-corrected chi connectivity index (χ4v) is 2.06. The van der Waals surface area contributed by atoms with E-state index in [-0.39, 0.29) is 11.3 Å². The van der Waals surface area contributed by atoms with Crippen molar-refractivity contribution < 1.29 is 22.8 Å². The monoisotopic (exact) mass is 347 g/mol. The van der Waals surface area contributed by atoms with Crippen molar-refractivity contribution in [2.75, 3.05) is 10.6 Å². The van der Waals surface area contributed by atoms with Crippen molar-refractivity contribution in [3.63, 3.8) is 0 Å². The van der Waals surface area contributed by atoms with Gasteiger partial charge in [-0.1, -0.05) is 0 Å². The van der Waals surface area contributed by atoms with Gasteiger partial charge in [-0.05, 0) is 42.5 Å². The molecule has 0 spiro atoms. The lowest BCUT2D eigenvalue weighted by Gasteiger charge is -2.15. The zero-order valence-electron chi connectivity index (χ0n) is 12.9. The first-order valence-corrected chi connectivity index (χ1v) is 7.01. The molecule has 0 heterocycles. The van der Waals surface area contributed by atoms with Gasteiger partial charge in [0.25, 0.3) is 5.91 Å². The fourth-order valence-electron chi connectivity index (χ4n) is 2.06. The van der Waals surface area contributed by atoms with E-state index in [0.717, 1.165) is 12.1 Å². The van der Waals surface area contributed by atoms with E-state index < -0.39 is 29.2 Å². The Hall–Kier alpha value is -3.34. The molecule has 25 heavy (non-hydrogen) atoms. The predicted octanol–water partition coefficient (Wildman–Crippen LogP) is 3.79. The third kappa shape index (κ3) is 4.57. The summed E-state index contributed by atoms with van der Waals surface area (Å²) in [5, 5.41) is 13.2. The number of nitrogens with one attached hydrogen (secondary N) is 2. The van der Waals surface area contributed by atoms with Crippen LogP contribution in [0.3, 0.4) is 0 Å². The van der Waals surface area contributed by atoms with Crippen LogP contribution >= 0.6 is 0 Å². The van der Waals surface area contributed by atoms with Crippen LogP contribution in [0.25, 0.3) is 0 Å². The topological polar surface area (TPSA) is 82.0 Å². The van der Waals surface area contributed by atoms with Gasteiger partial charge in [0.2, 0.25) is 5.91 Å². The minimum Gasteiger partial charge on any atom is -0.326 e. The van der Waals surface area contributed by atoms with Crippen LogP contribution in [0, 0.1) is 11.3 Å². The Morgan fingerprint density at radius 3 is 2.20 bits per heavy atom. The molecule has 128 valence electrons. The summed E-state index contributed by atoms with van der Waals surface area (Å²) < 4.78 is 39.7.